The lowest BCUT2D eigenvalue weighted by Crippen LogP contribution is -2.32. The molecule has 3 amide bonds. The van der Waals surface area contributed by atoms with Crippen LogP contribution in [0.15, 0.2) is 60.8 Å². The number of halogens is 4. The van der Waals surface area contributed by atoms with Gasteiger partial charge in [-0.25, -0.2) is 4.39 Å². The molecule has 1 aromatic heterocycles. The van der Waals surface area contributed by atoms with Gasteiger partial charge in [0.1, 0.15) is 6.67 Å². The summed E-state index contributed by atoms with van der Waals surface area (Å²) in [6.07, 6.45) is -3.56. The SMILES string of the molecule is CN1C(=O)c2ccc(C(=O)N[C@@H](c3ccc(CF)cc3)c3ncccc3C(F)(F)F)cc2C1=O. The minimum Gasteiger partial charge on any atom is -0.340 e. The maximum absolute atomic E-state index is 13.7. The highest BCUT2D eigenvalue weighted by molar-refractivity contribution is 6.21. The summed E-state index contributed by atoms with van der Waals surface area (Å²) in [6.45, 7) is -0.759. The van der Waals surface area contributed by atoms with Gasteiger partial charge in [0.25, 0.3) is 17.7 Å². The van der Waals surface area contributed by atoms with Crippen LogP contribution in [0, 0.1) is 0 Å². The molecular weight excluding hydrogens is 454 g/mol. The highest BCUT2D eigenvalue weighted by atomic mass is 19.4. The van der Waals surface area contributed by atoms with E-state index in [9.17, 15) is 31.9 Å². The normalized spacial score (nSPS) is 14.2. The number of carbonyl (C=O) groups excluding carboxylic acids is 3. The van der Waals surface area contributed by atoms with Crippen molar-refractivity contribution in [2.45, 2.75) is 18.9 Å². The van der Waals surface area contributed by atoms with E-state index in [2.05, 4.69) is 10.3 Å². The molecule has 174 valence electrons. The number of pyridine rings is 1. The highest BCUT2D eigenvalue weighted by Gasteiger charge is 2.37. The predicted octanol–water partition coefficient (Wildman–Crippen LogP) is 4.32. The zero-order valence-electron chi connectivity index (χ0n) is 17.7. The Labute approximate surface area is 191 Å². The molecule has 6 nitrogen and oxygen atoms in total. The number of benzene rings is 2. The zero-order chi connectivity index (χ0) is 24.6. The summed E-state index contributed by atoms with van der Waals surface area (Å²) in [5.74, 6) is -1.88. The summed E-state index contributed by atoms with van der Waals surface area (Å²) < 4.78 is 54.0. The fraction of sp³-hybridized carbons (Fsp3) is 0.167. The van der Waals surface area contributed by atoms with Crippen LogP contribution in [0.1, 0.15) is 59.5 Å². The summed E-state index contributed by atoms with van der Waals surface area (Å²) in [5.41, 5.74) is -0.775. The maximum atomic E-state index is 13.7. The lowest BCUT2D eigenvalue weighted by molar-refractivity contribution is -0.138. The molecule has 0 bridgehead atoms. The maximum Gasteiger partial charge on any atom is 0.418 e. The van der Waals surface area contributed by atoms with Crippen LogP contribution >= 0.6 is 0 Å². The topological polar surface area (TPSA) is 79.4 Å². The van der Waals surface area contributed by atoms with Gasteiger partial charge in [0, 0.05) is 18.8 Å². The Balaban J connectivity index is 1.75. The molecule has 0 radical (unpaired) electrons. The third kappa shape index (κ3) is 4.14. The summed E-state index contributed by atoms with van der Waals surface area (Å²) >= 11 is 0. The third-order valence-electron chi connectivity index (χ3n) is 5.51. The van der Waals surface area contributed by atoms with Crippen molar-refractivity contribution in [1.29, 1.82) is 0 Å². The van der Waals surface area contributed by atoms with E-state index in [0.717, 1.165) is 17.0 Å². The number of hydrogen-bond acceptors (Lipinski definition) is 4. The molecule has 3 aromatic rings. The molecule has 2 aromatic carbocycles. The molecule has 2 heterocycles. The lowest BCUT2D eigenvalue weighted by atomic mass is 9.97. The number of hydrogen-bond donors (Lipinski definition) is 1. The average Bonchev–Trinajstić information content (AvgIpc) is 3.05. The second kappa shape index (κ2) is 8.69. The van der Waals surface area contributed by atoms with Gasteiger partial charge in [-0.3, -0.25) is 24.3 Å². The quantitative estimate of drug-likeness (QED) is 0.444. The second-order valence-corrected chi connectivity index (χ2v) is 7.65. The second-order valence-electron chi connectivity index (χ2n) is 7.65. The Morgan fingerprint density at radius 3 is 2.35 bits per heavy atom. The van der Waals surface area contributed by atoms with Crippen LogP contribution in [0.2, 0.25) is 0 Å². The first kappa shape index (κ1) is 23.1. The molecule has 0 saturated carbocycles. The minimum absolute atomic E-state index is 0.0231. The third-order valence-corrected chi connectivity index (χ3v) is 5.51. The molecule has 1 N–H and O–H groups in total. The van der Waals surface area contributed by atoms with E-state index >= 15 is 0 Å². The monoisotopic (exact) mass is 471 g/mol. The van der Waals surface area contributed by atoms with Gasteiger partial charge in [0.2, 0.25) is 0 Å². The summed E-state index contributed by atoms with van der Waals surface area (Å²) in [7, 11) is 1.31. The summed E-state index contributed by atoms with van der Waals surface area (Å²) in [5, 5.41) is 2.54. The molecule has 4 rings (SSSR count). The first-order valence-corrected chi connectivity index (χ1v) is 10.1. The van der Waals surface area contributed by atoms with Gasteiger partial charge in [-0.1, -0.05) is 24.3 Å². The van der Waals surface area contributed by atoms with Crippen LogP contribution in [-0.2, 0) is 12.9 Å². The van der Waals surface area contributed by atoms with Gasteiger partial charge in [0.05, 0.1) is 28.4 Å². The van der Waals surface area contributed by atoms with Crippen LogP contribution < -0.4 is 5.32 Å². The van der Waals surface area contributed by atoms with E-state index in [1.807, 2.05) is 0 Å². The van der Waals surface area contributed by atoms with Crippen molar-refractivity contribution < 1.29 is 31.9 Å². The molecule has 0 unspecified atom stereocenters. The average molecular weight is 471 g/mol. The molecule has 1 aliphatic rings. The van der Waals surface area contributed by atoms with Crippen molar-refractivity contribution >= 4 is 17.7 Å². The van der Waals surface area contributed by atoms with E-state index in [0.29, 0.717) is 5.56 Å². The fourth-order valence-electron chi connectivity index (χ4n) is 3.71. The van der Waals surface area contributed by atoms with Crippen LogP contribution in [0.3, 0.4) is 0 Å². The number of amides is 3. The van der Waals surface area contributed by atoms with Crippen molar-refractivity contribution in [3.63, 3.8) is 0 Å². The van der Waals surface area contributed by atoms with E-state index in [4.69, 9.17) is 0 Å². The van der Waals surface area contributed by atoms with Gasteiger partial charge in [-0.2, -0.15) is 13.2 Å². The van der Waals surface area contributed by atoms with Crippen LogP contribution in [0.4, 0.5) is 17.6 Å². The minimum atomic E-state index is -4.74. The number of rotatable bonds is 5. The number of fused-ring (bicyclic) bond motifs is 1. The first-order chi connectivity index (χ1) is 16.1. The van der Waals surface area contributed by atoms with Crippen LogP contribution in [0.5, 0.6) is 0 Å². The van der Waals surface area contributed by atoms with Crippen molar-refractivity contribution in [1.82, 2.24) is 15.2 Å². The van der Waals surface area contributed by atoms with Crippen molar-refractivity contribution in [3.8, 4) is 0 Å². The zero-order valence-corrected chi connectivity index (χ0v) is 17.7. The highest BCUT2D eigenvalue weighted by Crippen LogP contribution is 2.35. The Kier molecular flexibility index (Phi) is 5.90. The summed E-state index contributed by atoms with van der Waals surface area (Å²) in [4.78, 5) is 42.2. The summed E-state index contributed by atoms with van der Waals surface area (Å²) in [6, 6.07) is 10.1. The molecule has 0 aliphatic carbocycles. The van der Waals surface area contributed by atoms with Crippen LogP contribution in [0.25, 0.3) is 0 Å². The predicted molar refractivity (Wildman–Crippen MR) is 113 cm³/mol. The largest absolute Gasteiger partial charge is 0.418 e. The van der Waals surface area contributed by atoms with Crippen molar-refractivity contribution in [2.24, 2.45) is 0 Å². The Morgan fingerprint density at radius 2 is 1.71 bits per heavy atom. The van der Waals surface area contributed by atoms with E-state index in [1.54, 1.807) is 0 Å². The van der Waals surface area contributed by atoms with Gasteiger partial charge >= 0.3 is 6.18 Å². The van der Waals surface area contributed by atoms with Crippen LogP contribution in [-0.4, -0.2) is 34.7 Å². The molecule has 0 saturated heterocycles. The van der Waals surface area contributed by atoms with E-state index in [1.165, 1.54) is 55.7 Å². The number of imide groups is 1. The molecule has 0 spiro atoms. The standard InChI is InChI=1S/C24H17F4N3O3/c1-31-22(33)16-9-8-15(11-17(16)23(31)34)21(32)30-19(14-6-4-13(12-25)5-7-14)20-18(24(26,27)28)3-2-10-29-20/h2-11,19H,12H2,1H3,(H,30,32)/t19-/m0/s1. The van der Waals surface area contributed by atoms with Gasteiger partial charge < -0.3 is 5.32 Å². The van der Waals surface area contributed by atoms with Gasteiger partial charge in [-0.15, -0.1) is 0 Å². The fourth-order valence-corrected chi connectivity index (χ4v) is 3.71. The molecular formula is C24H17F4N3O3. The molecule has 10 heteroatoms. The Hall–Kier alpha value is -4.08. The number of alkyl halides is 4. The van der Waals surface area contributed by atoms with Crippen molar-refractivity contribution in [3.05, 3.63) is 99.9 Å². The number of carbonyl (C=O) groups is 3. The Morgan fingerprint density at radius 1 is 1.03 bits per heavy atom. The number of aromatic nitrogens is 1. The van der Waals surface area contributed by atoms with E-state index in [-0.39, 0.29) is 22.3 Å². The molecule has 34 heavy (non-hydrogen) atoms. The number of nitrogens with zero attached hydrogens (tertiary/aromatic N) is 2. The van der Waals surface area contributed by atoms with E-state index < -0.39 is 47.9 Å². The van der Waals surface area contributed by atoms with Gasteiger partial charge in [0.15, 0.2) is 0 Å². The van der Waals surface area contributed by atoms with Gasteiger partial charge in [-0.05, 0) is 41.5 Å². The first-order valence-electron chi connectivity index (χ1n) is 10.1. The lowest BCUT2D eigenvalue weighted by Gasteiger charge is -2.22. The smallest absolute Gasteiger partial charge is 0.340 e. The Bertz CT molecular complexity index is 1290. The molecule has 1 aliphatic heterocycles. The molecule has 0 fully saturated rings. The molecule has 1 atom stereocenters. The number of nitrogens with one attached hydrogen (secondary N) is 1. The van der Waals surface area contributed by atoms with Crippen molar-refractivity contribution in [2.75, 3.05) is 7.05 Å².